The van der Waals surface area contributed by atoms with E-state index in [1.807, 2.05) is 6.07 Å². The van der Waals surface area contributed by atoms with Crippen LogP contribution in [0.25, 0.3) is 0 Å². The van der Waals surface area contributed by atoms with Crippen LogP contribution in [0.1, 0.15) is 59.8 Å². The first-order chi connectivity index (χ1) is 17.6. The average molecular weight is 501 g/mol. The van der Waals surface area contributed by atoms with Gasteiger partial charge in [-0.1, -0.05) is 12.1 Å². The normalized spacial score (nSPS) is 10.8. The standard InChI is InChI=1S/C29H29FN4O3/c1-19-27(36-18-22-7-5-6-20(12-22)15-31)25(10-11-30)24(17-33-19)14-23-13-21(16-32)8-9-26(23)34-28(35)37-29(2,3)4/h5-9,12-13,17H,10-11,14,18H2,1-4H3,(H,34,35). The Labute approximate surface area is 216 Å². The van der Waals surface area contributed by atoms with Crippen molar-refractivity contribution in [1.82, 2.24) is 4.98 Å². The molecule has 0 bridgehead atoms. The molecule has 1 amide bonds. The Hall–Kier alpha value is -4.43. The van der Waals surface area contributed by atoms with Gasteiger partial charge in [0.2, 0.25) is 0 Å². The summed E-state index contributed by atoms with van der Waals surface area (Å²) in [5.41, 5.74) is 4.21. The predicted octanol–water partition coefficient (Wildman–Crippen LogP) is 6.16. The molecular formula is C29H29FN4O3. The molecule has 3 rings (SSSR count). The van der Waals surface area contributed by atoms with Gasteiger partial charge in [0.25, 0.3) is 0 Å². The Bertz CT molecular complexity index is 1370. The Morgan fingerprint density at radius 1 is 1.08 bits per heavy atom. The number of hydrogen-bond acceptors (Lipinski definition) is 6. The summed E-state index contributed by atoms with van der Waals surface area (Å²) in [5.74, 6) is 0.482. The monoisotopic (exact) mass is 500 g/mol. The Morgan fingerprint density at radius 3 is 2.49 bits per heavy atom. The minimum absolute atomic E-state index is 0.110. The van der Waals surface area contributed by atoms with Gasteiger partial charge in [0.05, 0.1) is 35.6 Å². The van der Waals surface area contributed by atoms with Crippen LogP contribution < -0.4 is 10.1 Å². The van der Waals surface area contributed by atoms with Crippen LogP contribution in [0.4, 0.5) is 14.9 Å². The van der Waals surface area contributed by atoms with E-state index < -0.39 is 18.4 Å². The summed E-state index contributed by atoms with van der Waals surface area (Å²) in [6, 6.07) is 16.2. The molecule has 7 nitrogen and oxygen atoms in total. The molecule has 0 atom stereocenters. The molecule has 1 aromatic heterocycles. The van der Waals surface area contributed by atoms with Crippen LogP contribution in [0.2, 0.25) is 0 Å². The fourth-order valence-electron chi connectivity index (χ4n) is 3.82. The number of halogens is 1. The second-order valence-corrected chi connectivity index (χ2v) is 9.50. The highest BCUT2D eigenvalue weighted by molar-refractivity contribution is 5.86. The summed E-state index contributed by atoms with van der Waals surface area (Å²) in [4.78, 5) is 16.9. The van der Waals surface area contributed by atoms with Crippen molar-refractivity contribution in [2.45, 2.75) is 52.7 Å². The number of rotatable bonds is 8. The van der Waals surface area contributed by atoms with E-state index in [0.29, 0.717) is 44.9 Å². The smallest absolute Gasteiger partial charge is 0.412 e. The first-order valence-electron chi connectivity index (χ1n) is 11.8. The second kappa shape index (κ2) is 12.0. The zero-order chi connectivity index (χ0) is 27.0. The lowest BCUT2D eigenvalue weighted by atomic mass is 9.96. The number of ether oxygens (including phenoxy) is 2. The fraction of sp³-hybridized carbons (Fsp3) is 0.310. The third-order valence-electron chi connectivity index (χ3n) is 5.44. The van der Waals surface area contributed by atoms with Gasteiger partial charge in [-0.2, -0.15) is 10.5 Å². The average Bonchev–Trinajstić information content (AvgIpc) is 2.85. The largest absolute Gasteiger partial charge is 0.487 e. The third-order valence-corrected chi connectivity index (χ3v) is 5.44. The van der Waals surface area contributed by atoms with Crippen LogP contribution in [-0.2, 0) is 24.2 Å². The van der Waals surface area contributed by atoms with Gasteiger partial charge in [0.15, 0.2) is 0 Å². The molecule has 0 radical (unpaired) electrons. The number of anilines is 1. The van der Waals surface area contributed by atoms with Crippen molar-refractivity contribution in [3.63, 3.8) is 0 Å². The van der Waals surface area contributed by atoms with Crippen LogP contribution in [-0.4, -0.2) is 23.4 Å². The van der Waals surface area contributed by atoms with Gasteiger partial charge in [-0.3, -0.25) is 14.7 Å². The molecule has 0 aliphatic rings. The van der Waals surface area contributed by atoms with Crippen LogP contribution >= 0.6 is 0 Å². The van der Waals surface area contributed by atoms with E-state index in [4.69, 9.17) is 14.7 Å². The lowest BCUT2D eigenvalue weighted by molar-refractivity contribution is 0.0635. The maximum absolute atomic E-state index is 13.7. The van der Waals surface area contributed by atoms with Crippen molar-refractivity contribution >= 4 is 11.8 Å². The van der Waals surface area contributed by atoms with Crippen LogP contribution in [0.3, 0.4) is 0 Å². The molecule has 8 heteroatoms. The van der Waals surface area contributed by atoms with Crippen molar-refractivity contribution in [2.24, 2.45) is 0 Å². The minimum atomic E-state index is -0.676. The first-order valence-corrected chi connectivity index (χ1v) is 11.8. The Balaban J connectivity index is 1.95. The Morgan fingerprint density at radius 2 is 1.81 bits per heavy atom. The first kappa shape index (κ1) is 27.2. The van der Waals surface area contributed by atoms with Crippen molar-refractivity contribution < 1.29 is 18.7 Å². The quantitative estimate of drug-likeness (QED) is 0.397. The Kier molecular flexibility index (Phi) is 8.81. The van der Waals surface area contributed by atoms with Crippen molar-refractivity contribution in [2.75, 3.05) is 12.0 Å². The molecule has 0 spiro atoms. The number of alkyl halides is 1. The van der Waals surface area contributed by atoms with Crippen LogP contribution in [0.5, 0.6) is 5.75 Å². The number of aryl methyl sites for hydroxylation is 1. The van der Waals surface area contributed by atoms with Gasteiger partial charge in [-0.25, -0.2) is 4.79 Å². The molecule has 1 heterocycles. The zero-order valence-electron chi connectivity index (χ0n) is 21.4. The third kappa shape index (κ3) is 7.52. The molecular weight excluding hydrogens is 471 g/mol. The van der Waals surface area contributed by atoms with Gasteiger partial charge in [0, 0.05) is 30.3 Å². The number of pyridine rings is 1. The minimum Gasteiger partial charge on any atom is -0.487 e. The summed E-state index contributed by atoms with van der Waals surface area (Å²) >= 11 is 0. The van der Waals surface area contributed by atoms with Crippen LogP contribution in [0, 0.1) is 29.6 Å². The summed E-state index contributed by atoms with van der Waals surface area (Å²) in [6.07, 6.45) is 1.44. The summed E-state index contributed by atoms with van der Waals surface area (Å²) in [6.45, 7) is 6.69. The zero-order valence-corrected chi connectivity index (χ0v) is 21.4. The molecule has 0 saturated heterocycles. The molecule has 0 aliphatic heterocycles. The van der Waals surface area contributed by atoms with E-state index in [1.54, 1.807) is 70.3 Å². The molecule has 37 heavy (non-hydrogen) atoms. The summed E-state index contributed by atoms with van der Waals surface area (Å²) in [5, 5.41) is 21.3. The highest BCUT2D eigenvalue weighted by atomic mass is 19.1. The number of amides is 1. The molecule has 0 aliphatic carbocycles. The highest BCUT2D eigenvalue weighted by Crippen LogP contribution is 2.31. The van der Waals surface area contributed by atoms with E-state index in [1.165, 1.54) is 0 Å². The molecule has 0 saturated carbocycles. The van der Waals surface area contributed by atoms with Gasteiger partial charge < -0.3 is 9.47 Å². The number of nitrogens with one attached hydrogen (secondary N) is 1. The number of aromatic nitrogens is 1. The van der Waals surface area contributed by atoms with E-state index in [0.717, 1.165) is 5.56 Å². The maximum atomic E-state index is 13.7. The topological polar surface area (TPSA) is 108 Å². The van der Waals surface area contributed by atoms with E-state index in [9.17, 15) is 14.4 Å². The maximum Gasteiger partial charge on any atom is 0.412 e. The van der Waals surface area contributed by atoms with Crippen molar-refractivity contribution in [3.05, 3.63) is 87.7 Å². The van der Waals surface area contributed by atoms with Gasteiger partial charge in [-0.05, 0) is 74.7 Å². The van der Waals surface area contributed by atoms with Crippen molar-refractivity contribution in [3.8, 4) is 17.9 Å². The SMILES string of the molecule is Cc1ncc(Cc2cc(C#N)ccc2NC(=O)OC(C)(C)C)c(CCF)c1OCc1cccc(C#N)c1. The fourth-order valence-corrected chi connectivity index (χ4v) is 3.82. The molecule has 1 N–H and O–H groups in total. The van der Waals surface area contributed by atoms with E-state index in [2.05, 4.69) is 22.4 Å². The molecule has 2 aromatic carbocycles. The van der Waals surface area contributed by atoms with Crippen LogP contribution in [0.15, 0.2) is 48.7 Å². The van der Waals surface area contributed by atoms with Gasteiger partial charge >= 0.3 is 6.09 Å². The predicted molar refractivity (Wildman–Crippen MR) is 138 cm³/mol. The van der Waals surface area contributed by atoms with E-state index in [-0.39, 0.29) is 19.4 Å². The van der Waals surface area contributed by atoms with Gasteiger partial charge in [0.1, 0.15) is 18.0 Å². The van der Waals surface area contributed by atoms with Gasteiger partial charge in [-0.15, -0.1) is 0 Å². The second-order valence-electron chi connectivity index (χ2n) is 9.50. The lowest BCUT2D eigenvalue weighted by Gasteiger charge is -2.21. The lowest BCUT2D eigenvalue weighted by Crippen LogP contribution is -2.27. The molecule has 0 fully saturated rings. The van der Waals surface area contributed by atoms with Crippen molar-refractivity contribution in [1.29, 1.82) is 10.5 Å². The number of benzene rings is 2. The number of hydrogen-bond donors (Lipinski definition) is 1. The summed E-state index contributed by atoms with van der Waals surface area (Å²) in [7, 11) is 0. The highest BCUT2D eigenvalue weighted by Gasteiger charge is 2.20. The number of carbonyl (C=O) groups excluding carboxylic acids is 1. The number of nitrogens with zero attached hydrogens (tertiary/aromatic N) is 3. The summed E-state index contributed by atoms with van der Waals surface area (Å²) < 4.78 is 25.1. The molecule has 190 valence electrons. The molecule has 3 aromatic rings. The van der Waals surface area contributed by atoms with E-state index >= 15 is 0 Å². The number of carbonyl (C=O) groups is 1. The molecule has 0 unspecified atom stereocenters. The number of nitriles is 2.